The Hall–Kier alpha value is -1.33. The number of thiocarbonyl (C=S) groups is 1. The summed E-state index contributed by atoms with van der Waals surface area (Å²) in [5.74, 6) is 2.92. The van der Waals surface area contributed by atoms with Crippen LogP contribution >= 0.6 is 24.0 Å². The summed E-state index contributed by atoms with van der Waals surface area (Å²) >= 11 is 6.51. The van der Waals surface area contributed by atoms with Crippen molar-refractivity contribution in [2.24, 2.45) is 5.92 Å². The second kappa shape index (κ2) is 5.22. The van der Waals surface area contributed by atoms with E-state index in [0.717, 1.165) is 11.5 Å². The fourth-order valence-corrected chi connectivity index (χ4v) is 3.53. The van der Waals surface area contributed by atoms with Gasteiger partial charge in [-0.05, 0) is 24.5 Å². The normalized spacial score (nSPS) is 27.4. The molecular formula is C15H15NO2S2. The number of nitrogens with zero attached hydrogens (tertiary/aromatic N) is 1. The van der Waals surface area contributed by atoms with E-state index in [0.29, 0.717) is 27.6 Å². The van der Waals surface area contributed by atoms with E-state index in [4.69, 9.17) is 16.6 Å². The lowest BCUT2D eigenvalue weighted by Gasteiger charge is -2.10. The molecule has 104 valence electrons. The molecule has 2 fully saturated rings. The Morgan fingerprint density at radius 2 is 2.35 bits per heavy atom. The van der Waals surface area contributed by atoms with E-state index in [1.807, 2.05) is 12.1 Å². The van der Waals surface area contributed by atoms with Crippen LogP contribution in [-0.4, -0.2) is 21.7 Å². The Morgan fingerprint density at radius 1 is 1.60 bits per heavy atom. The second-order valence-corrected chi connectivity index (χ2v) is 6.82. The van der Waals surface area contributed by atoms with E-state index < -0.39 is 0 Å². The lowest BCUT2D eigenvalue weighted by Crippen LogP contribution is -2.27. The van der Waals surface area contributed by atoms with Crippen molar-refractivity contribution in [1.82, 2.24) is 4.90 Å². The zero-order valence-electron chi connectivity index (χ0n) is 11.2. The van der Waals surface area contributed by atoms with Crippen LogP contribution in [0, 0.1) is 5.92 Å². The number of hydrogen-bond donors (Lipinski definition) is 0. The van der Waals surface area contributed by atoms with Gasteiger partial charge in [0, 0.05) is 18.5 Å². The molecule has 1 aromatic heterocycles. The third-order valence-corrected chi connectivity index (χ3v) is 4.96. The highest BCUT2D eigenvalue weighted by Crippen LogP contribution is 2.47. The molecule has 1 aliphatic heterocycles. The molecule has 2 aliphatic rings. The second-order valence-electron chi connectivity index (χ2n) is 5.14. The molecule has 1 saturated carbocycles. The summed E-state index contributed by atoms with van der Waals surface area (Å²) in [6, 6.07) is 3.92. The van der Waals surface area contributed by atoms with Gasteiger partial charge in [-0.1, -0.05) is 37.0 Å². The van der Waals surface area contributed by atoms with Gasteiger partial charge in [-0.15, -0.1) is 6.58 Å². The van der Waals surface area contributed by atoms with Crippen LogP contribution in [0.1, 0.15) is 30.8 Å². The van der Waals surface area contributed by atoms with E-state index in [2.05, 4.69) is 13.5 Å². The topological polar surface area (TPSA) is 33.5 Å². The summed E-state index contributed by atoms with van der Waals surface area (Å²) < 4.78 is 6.37. The third-order valence-electron chi connectivity index (χ3n) is 3.58. The number of carbonyl (C=O) groups is 1. The van der Waals surface area contributed by atoms with Crippen molar-refractivity contribution in [2.75, 3.05) is 6.54 Å². The number of carbonyl (C=O) groups excluding carboxylic acids is 1. The van der Waals surface area contributed by atoms with E-state index in [1.54, 1.807) is 17.1 Å². The van der Waals surface area contributed by atoms with Crippen molar-refractivity contribution < 1.29 is 9.21 Å². The first-order valence-electron chi connectivity index (χ1n) is 6.56. The first-order chi connectivity index (χ1) is 9.60. The lowest BCUT2D eigenvalue weighted by atomic mass is 10.3. The predicted octanol–water partition coefficient (Wildman–Crippen LogP) is 3.79. The summed E-state index contributed by atoms with van der Waals surface area (Å²) in [6.07, 6.45) is 4.64. The zero-order chi connectivity index (χ0) is 14.3. The smallest absolute Gasteiger partial charge is 0.266 e. The molecule has 0 spiro atoms. The molecule has 3 rings (SSSR count). The van der Waals surface area contributed by atoms with Crippen LogP contribution in [0.2, 0.25) is 0 Å². The molecule has 2 atom stereocenters. The van der Waals surface area contributed by atoms with Crippen molar-refractivity contribution in [3.05, 3.63) is 41.2 Å². The van der Waals surface area contributed by atoms with Crippen molar-refractivity contribution in [3.8, 4) is 0 Å². The number of furan rings is 1. The molecule has 0 bridgehead atoms. The largest absolute Gasteiger partial charge is 0.461 e. The molecule has 3 nitrogen and oxygen atoms in total. The Balaban J connectivity index is 1.78. The van der Waals surface area contributed by atoms with E-state index in [9.17, 15) is 4.79 Å². The quantitative estimate of drug-likeness (QED) is 0.481. The maximum atomic E-state index is 12.2. The SMILES string of the molecule is C=CCN1C(=O)/C(=C/c2ccc([C@@H]3C[C@@H]3C)o2)SC1=S. The van der Waals surface area contributed by atoms with Gasteiger partial charge < -0.3 is 4.42 Å². The standard InChI is InChI=1S/C15H15NO2S2/c1-3-6-16-14(17)13(20-15(16)19)8-10-4-5-12(18-10)11-7-9(11)2/h3-5,8-9,11H,1,6-7H2,2H3/b13-8-/t9-,11+/m0/s1. The van der Waals surface area contributed by atoms with Gasteiger partial charge >= 0.3 is 0 Å². The zero-order valence-corrected chi connectivity index (χ0v) is 12.8. The number of rotatable bonds is 4. The third kappa shape index (κ3) is 2.47. The molecule has 0 radical (unpaired) electrons. The molecular weight excluding hydrogens is 290 g/mol. The van der Waals surface area contributed by atoms with Gasteiger partial charge in [0.2, 0.25) is 0 Å². The van der Waals surface area contributed by atoms with Crippen LogP contribution in [-0.2, 0) is 4.79 Å². The summed E-state index contributed by atoms with van der Waals surface area (Å²) in [5, 5.41) is 0. The van der Waals surface area contributed by atoms with E-state index in [1.165, 1.54) is 18.2 Å². The Morgan fingerprint density at radius 3 is 3.00 bits per heavy atom. The number of amides is 1. The Labute approximate surface area is 127 Å². The van der Waals surface area contributed by atoms with Gasteiger partial charge in [-0.2, -0.15) is 0 Å². The van der Waals surface area contributed by atoms with Gasteiger partial charge in [0.1, 0.15) is 15.8 Å². The molecule has 2 heterocycles. The van der Waals surface area contributed by atoms with Crippen molar-refractivity contribution >= 4 is 40.3 Å². The molecule has 0 N–H and O–H groups in total. The molecule has 5 heteroatoms. The molecule has 1 saturated heterocycles. The van der Waals surface area contributed by atoms with Gasteiger partial charge in [-0.3, -0.25) is 9.69 Å². The average Bonchev–Trinajstić information content (AvgIpc) is 2.86. The van der Waals surface area contributed by atoms with Gasteiger partial charge in [0.05, 0.1) is 4.91 Å². The van der Waals surface area contributed by atoms with Crippen molar-refractivity contribution in [1.29, 1.82) is 0 Å². The van der Waals surface area contributed by atoms with Crippen LogP contribution in [0.5, 0.6) is 0 Å². The minimum atomic E-state index is -0.0716. The van der Waals surface area contributed by atoms with Crippen LogP contribution in [0.25, 0.3) is 6.08 Å². The number of hydrogen-bond acceptors (Lipinski definition) is 4. The Bertz CT molecular complexity index is 617. The van der Waals surface area contributed by atoms with Crippen molar-refractivity contribution in [2.45, 2.75) is 19.3 Å². The highest BCUT2D eigenvalue weighted by molar-refractivity contribution is 8.26. The van der Waals surface area contributed by atoms with Crippen molar-refractivity contribution in [3.63, 3.8) is 0 Å². The minimum Gasteiger partial charge on any atom is -0.461 e. The van der Waals surface area contributed by atoms with Crippen LogP contribution in [0.4, 0.5) is 0 Å². The average molecular weight is 305 g/mol. The fourth-order valence-electron chi connectivity index (χ4n) is 2.28. The van der Waals surface area contributed by atoms with E-state index >= 15 is 0 Å². The minimum absolute atomic E-state index is 0.0716. The highest BCUT2D eigenvalue weighted by atomic mass is 32.2. The van der Waals surface area contributed by atoms with Crippen LogP contribution in [0.3, 0.4) is 0 Å². The summed E-state index contributed by atoms with van der Waals surface area (Å²) in [4.78, 5) is 14.3. The molecule has 1 aliphatic carbocycles. The van der Waals surface area contributed by atoms with E-state index in [-0.39, 0.29) is 5.91 Å². The summed E-state index contributed by atoms with van der Waals surface area (Å²) in [5.41, 5.74) is 0. The molecule has 1 amide bonds. The van der Waals surface area contributed by atoms with Gasteiger partial charge in [-0.25, -0.2) is 0 Å². The Kier molecular flexibility index (Phi) is 3.56. The molecule has 0 aromatic carbocycles. The van der Waals surface area contributed by atoms with Gasteiger partial charge in [0.25, 0.3) is 5.91 Å². The lowest BCUT2D eigenvalue weighted by molar-refractivity contribution is -0.121. The van der Waals surface area contributed by atoms with Crippen LogP contribution in [0.15, 0.2) is 34.1 Å². The summed E-state index contributed by atoms with van der Waals surface area (Å²) in [6.45, 7) is 6.30. The van der Waals surface area contributed by atoms with Gasteiger partial charge in [0.15, 0.2) is 0 Å². The highest BCUT2D eigenvalue weighted by Gasteiger charge is 2.37. The first kappa shape index (κ1) is 13.6. The fraction of sp³-hybridized carbons (Fsp3) is 0.333. The maximum Gasteiger partial charge on any atom is 0.266 e. The summed E-state index contributed by atoms with van der Waals surface area (Å²) in [7, 11) is 0. The van der Waals surface area contributed by atoms with Crippen LogP contribution < -0.4 is 0 Å². The maximum absolute atomic E-state index is 12.2. The molecule has 20 heavy (non-hydrogen) atoms. The molecule has 0 unspecified atom stereocenters. The predicted molar refractivity (Wildman–Crippen MR) is 85.3 cm³/mol. The number of thioether (sulfide) groups is 1. The molecule has 1 aromatic rings. The first-order valence-corrected chi connectivity index (χ1v) is 7.78. The monoisotopic (exact) mass is 305 g/mol.